The first kappa shape index (κ1) is 17.1. The highest BCUT2D eigenvalue weighted by atomic mass is 16.7. The predicted molar refractivity (Wildman–Crippen MR) is 92.9 cm³/mol. The second-order valence-corrected chi connectivity index (χ2v) is 7.71. The Hall–Kier alpha value is -1.73. The van der Waals surface area contributed by atoms with E-state index in [-0.39, 0.29) is 5.54 Å². The monoisotopic (exact) mass is 333 g/mol. The quantitative estimate of drug-likeness (QED) is 0.907. The van der Waals surface area contributed by atoms with Gasteiger partial charge in [0.1, 0.15) is 12.1 Å². The van der Waals surface area contributed by atoms with Crippen molar-refractivity contribution in [2.75, 3.05) is 25.1 Å². The molecule has 3 heterocycles. The third-order valence-corrected chi connectivity index (χ3v) is 4.24. The van der Waals surface area contributed by atoms with E-state index in [2.05, 4.69) is 48.1 Å². The molecule has 0 unspecified atom stereocenters. The highest BCUT2D eigenvalue weighted by molar-refractivity contribution is 5.86. The number of ether oxygens (including phenoxy) is 2. The molecule has 0 aromatic carbocycles. The maximum atomic E-state index is 5.69. The number of anilines is 1. The van der Waals surface area contributed by atoms with Gasteiger partial charge in [-0.25, -0.2) is 14.6 Å². The van der Waals surface area contributed by atoms with Crippen molar-refractivity contribution >= 4 is 16.9 Å². The second-order valence-electron chi connectivity index (χ2n) is 7.71. The molecule has 24 heavy (non-hydrogen) atoms. The lowest BCUT2D eigenvalue weighted by Gasteiger charge is -2.26. The molecule has 1 aliphatic heterocycles. The summed E-state index contributed by atoms with van der Waals surface area (Å²) in [4.78, 5) is 8.78. The Labute approximate surface area is 142 Å². The fourth-order valence-electron chi connectivity index (χ4n) is 3.13. The zero-order chi connectivity index (χ0) is 17.4. The maximum absolute atomic E-state index is 5.69. The number of nitrogens with zero attached hydrogens (tertiary/aromatic N) is 4. The van der Waals surface area contributed by atoms with Gasteiger partial charge in [-0.05, 0) is 33.6 Å². The van der Waals surface area contributed by atoms with Gasteiger partial charge in [0.25, 0.3) is 0 Å². The van der Waals surface area contributed by atoms with Gasteiger partial charge in [-0.3, -0.25) is 0 Å². The molecule has 1 atom stereocenters. The van der Waals surface area contributed by atoms with Crippen molar-refractivity contribution < 1.29 is 9.47 Å². The minimum Gasteiger partial charge on any atom is -0.369 e. The SMILES string of the molecule is C[C@H](CNc1ncnc2c1cnn2C(C)(C)C)CC1(C)OCCO1. The van der Waals surface area contributed by atoms with Gasteiger partial charge in [0, 0.05) is 13.0 Å². The van der Waals surface area contributed by atoms with Crippen LogP contribution in [0.5, 0.6) is 0 Å². The van der Waals surface area contributed by atoms with Crippen LogP contribution in [0.25, 0.3) is 11.0 Å². The zero-order valence-electron chi connectivity index (χ0n) is 15.2. The van der Waals surface area contributed by atoms with E-state index >= 15 is 0 Å². The van der Waals surface area contributed by atoms with Crippen LogP contribution in [0.15, 0.2) is 12.5 Å². The van der Waals surface area contributed by atoms with Crippen molar-refractivity contribution in [3.05, 3.63) is 12.5 Å². The first-order chi connectivity index (χ1) is 11.3. The Kier molecular flexibility index (Phi) is 4.48. The van der Waals surface area contributed by atoms with Crippen molar-refractivity contribution in [2.24, 2.45) is 5.92 Å². The van der Waals surface area contributed by atoms with Gasteiger partial charge in [0.15, 0.2) is 11.4 Å². The first-order valence-corrected chi connectivity index (χ1v) is 8.49. The van der Waals surface area contributed by atoms with E-state index < -0.39 is 5.79 Å². The fraction of sp³-hybridized carbons (Fsp3) is 0.706. The fourth-order valence-corrected chi connectivity index (χ4v) is 3.13. The second kappa shape index (κ2) is 6.29. The Bertz CT molecular complexity index is 701. The number of hydrogen-bond acceptors (Lipinski definition) is 6. The molecule has 0 amide bonds. The summed E-state index contributed by atoms with van der Waals surface area (Å²) in [7, 11) is 0. The molecule has 0 bridgehead atoms. The lowest BCUT2D eigenvalue weighted by atomic mass is 10.0. The van der Waals surface area contributed by atoms with E-state index in [1.54, 1.807) is 6.33 Å². The molecule has 0 aliphatic carbocycles. The van der Waals surface area contributed by atoms with Crippen LogP contribution < -0.4 is 5.32 Å². The highest BCUT2D eigenvalue weighted by Crippen LogP contribution is 2.28. The maximum Gasteiger partial charge on any atom is 0.166 e. The van der Waals surface area contributed by atoms with Crippen LogP contribution in [0.4, 0.5) is 5.82 Å². The molecule has 1 aliphatic rings. The zero-order valence-corrected chi connectivity index (χ0v) is 15.2. The largest absolute Gasteiger partial charge is 0.369 e. The van der Waals surface area contributed by atoms with Crippen molar-refractivity contribution in [3.63, 3.8) is 0 Å². The molecule has 0 radical (unpaired) electrons. The van der Waals surface area contributed by atoms with Gasteiger partial charge < -0.3 is 14.8 Å². The van der Waals surface area contributed by atoms with Gasteiger partial charge in [0.2, 0.25) is 0 Å². The molecule has 0 saturated carbocycles. The summed E-state index contributed by atoms with van der Waals surface area (Å²) < 4.78 is 13.3. The lowest BCUT2D eigenvalue weighted by Crippen LogP contribution is -2.30. The Morgan fingerprint density at radius 1 is 1.29 bits per heavy atom. The average Bonchev–Trinajstić information content (AvgIpc) is 3.11. The molecular formula is C17H27N5O2. The van der Waals surface area contributed by atoms with Crippen LogP contribution in [0.1, 0.15) is 41.0 Å². The Balaban J connectivity index is 1.70. The van der Waals surface area contributed by atoms with Crippen molar-refractivity contribution in [1.82, 2.24) is 19.7 Å². The van der Waals surface area contributed by atoms with E-state index in [9.17, 15) is 0 Å². The molecule has 7 nitrogen and oxygen atoms in total. The summed E-state index contributed by atoms with van der Waals surface area (Å²) in [6.45, 7) is 12.7. The molecule has 2 aromatic rings. The molecule has 1 fully saturated rings. The van der Waals surface area contributed by atoms with Crippen LogP contribution in [0.2, 0.25) is 0 Å². The van der Waals surface area contributed by atoms with E-state index in [1.807, 2.05) is 17.8 Å². The van der Waals surface area contributed by atoms with Gasteiger partial charge in [-0.1, -0.05) is 6.92 Å². The summed E-state index contributed by atoms with van der Waals surface area (Å²) in [6.07, 6.45) is 4.26. The van der Waals surface area contributed by atoms with Crippen LogP contribution >= 0.6 is 0 Å². The molecule has 7 heteroatoms. The number of aromatic nitrogens is 4. The number of nitrogens with one attached hydrogen (secondary N) is 1. The molecule has 0 spiro atoms. The number of hydrogen-bond donors (Lipinski definition) is 1. The van der Waals surface area contributed by atoms with Crippen molar-refractivity contribution in [1.29, 1.82) is 0 Å². The molecular weight excluding hydrogens is 306 g/mol. The molecule has 132 valence electrons. The third kappa shape index (κ3) is 3.52. The molecule has 1 saturated heterocycles. The van der Waals surface area contributed by atoms with E-state index in [1.165, 1.54) is 0 Å². The molecule has 1 N–H and O–H groups in total. The van der Waals surface area contributed by atoms with Gasteiger partial charge in [0.05, 0.1) is 30.3 Å². The summed E-state index contributed by atoms with van der Waals surface area (Å²) in [5.74, 6) is 0.746. The van der Waals surface area contributed by atoms with Crippen LogP contribution in [-0.2, 0) is 15.0 Å². The standard InChI is InChI=1S/C17H27N5O2/c1-12(8-17(5)23-6-7-24-17)9-18-14-13-10-21-22(16(2,3)4)15(13)20-11-19-14/h10-12H,6-9H2,1-5H3,(H,18,19,20)/t12-/m0/s1. The average molecular weight is 333 g/mol. The summed E-state index contributed by atoms with van der Waals surface area (Å²) in [5.41, 5.74) is 0.731. The summed E-state index contributed by atoms with van der Waals surface area (Å²) in [5, 5.41) is 8.85. The van der Waals surface area contributed by atoms with E-state index in [4.69, 9.17) is 9.47 Å². The minimum atomic E-state index is -0.459. The lowest BCUT2D eigenvalue weighted by molar-refractivity contribution is -0.153. The topological polar surface area (TPSA) is 74.1 Å². The predicted octanol–water partition coefficient (Wildman–Crippen LogP) is 2.78. The highest BCUT2D eigenvalue weighted by Gasteiger charge is 2.32. The number of fused-ring (bicyclic) bond motifs is 1. The smallest absolute Gasteiger partial charge is 0.166 e. The first-order valence-electron chi connectivity index (χ1n) is 8.49. The van der Waals surface area contributed by atoms with Crippen molar-refractivity contribution in [2.45, 2.75) is 52.4 Å². The normalized spacial score (nSPS) is 18.9. The van der Waals surface area contributed by atoms with Gasteiger partial charge in [-0.15, -0.1) is 0 Å². The van der Waals surface area contributed by atoms with Gasteiger partial charge >= 0.3 is 0 Å². The van der Waals surface area contributed by atoms with Gasteiger partial charge in [-0.2, -0.15) is 5.10 Å². The Morgan fingerprint density at radius 3 is 2.67 bits per heavy atom. The molecule has 2 aromatic heterocycles. The van der Waals surface area contributed by atoms with Crippen LogP contribution in [-0.4, -0.2) is 45.3 Å². The summed E-state index contributed by atoms with van der Waals surface area (Å²) >= 11 is 0. The minimum absolute atomic E-state index is 0.119. The third-order valence-electron chi connectivity index (χ3n) is 4.24. The van der Waals surface area contributed by atoms with E-state index in [0.29, 0.717) is 19.1 Å². The van der Waals surface area contributed by atoms with E-state index in [0.717, 1.165) is 29.8 Å². The molecule has 3 rings (SSSR count). The number of rotatable bonds is 5. The summed E-state index contributed by atoms with van der Waals surface area (Å²) in [6, 6.07) is 0. The van der Waals surface area contributed by atoms with Crippen LogP contribution in [0.3, 0.4) is 0 Å². The van der Waals surface area contributed by atoms with Crippen LogP contribution in [0, 0.1) is 5.92 Å². The van der Waals surface area contributed by atoms with Crippen molar-refractivity contribution in [3.8, 4) is 0 Å². The Morgan fingerprint density at radius 2 is 2.00 bits per heavy atom.